The largest absolute Gasteiger partial charge is 0.456 e. The van der Waals surface area contributed by atoms with Crippen LogP contribution in [0.2, 0.25) is 0 Å². The van der Waals surface area contributed by atoms with Crippen LogP contribution in [0.25, 0.3) is 88.0 Å². The highest BCUT2D eigenvalue weighted by molar-refractivity contribution is 6.27. The van der Waals surface area contributed by atoms with E-state index in [1.54, 1.807) is 0 Å². The SMILES string of the molecule is c1ccc(-c2cccc(-c3ccc4oc5ccccc5c4c3-c3c4ccccc4c(-c4ccccc4)c4ccccc34)c2)cc1. The summed E-state index contributed by atoms with van der Waals surface area (Å²) in [5, 5.41) is 7.22. The quantitative estimate of drug-likeness (QED) is 0.191. The molecule has 0 spiro atoms. The molecule has 0 unspecified atom stereocenters. The molecule has 0 radical (unpaired) electrons. The van der Waals surface area contributed by atoms with Crippen molar-refractivity contribution < 1.29 is 4.42 Å². The van der Waals surface area contributed by atoms with Crippen LogP contribution in [0.4, 0.5) is 0 Å². The van der Waals surface area contributed by atoms with Gasteiger partial charge in [0, 0.05) is 16.3 Å². The third-order valence-corrected chi connectivity index (χ3v) is 9.07. The molecule has 9 rings (SSSR count). The van der Waals surface area contributed by atoms with Crippen LogP contribution in [0.15, 0.2) is 174 Å². The Morgan fingerprint density at radius 2 is 0.800 bits per heavy atom. The second-order valence-electron chi connectivity index (χ2n) is 11.6. The van der Waals surface area contributed by atoms with Gasteiger partial charge >= 0.3 is 0 Å². The molecular weight excluding hydrogens is 544 g/mol. The first kappa shape index (κ1) is 25.6. The Balaban J connectivity index is 1.47. The fourth-order valence-corrected chi connectivity index (χ4v) is 7.13. The highest BCUT2D eigenvalue weighted by atomic mass is 16.3. The molecule has 0 fully saturated rings. The predicted octanol–water partition coefficient (Wildman–Crippen LogP) is 12.6. The van der Waals surface area contributed by atoms with Crippen molar-refractivity contribution in [1.82, 2.24) is 0 Å². The number of hydrogen-bond donors (Lipinski definition) is 0. The van der Waals surface area contributed by atoms with Crippen molar-refractivity contribution in [1.29, 1.82) is 0 Å². The molecule has 0 atom stereocenters. The third kappa shape index (κ3) is 4.09. The van der Waals surface area contributed by atoms with Crippen LogP contribution in [0.3, 0.4) is 0 Å². The monoisotopic (exact) mass is 572 g/mol. The predicted molar refractivity (Wildman–Crippen MR) is 190 cm³/mol. The second-order valence-corrected chi connectivity index (χ2v) is 11.6. The smallest absolute Gasteiger partial charge is 0.136 e. The molecule has 1 nitrogen and oxygen atoms in total. The molecule has 0 N–H and O–H groups in total. The van der Waals surface area contributed by atoms with Crippen LogP contribution in [0, 0.1) is 0 Å². The van der Waals surface area contributed by atoms with E-state index in [4.69, 9.17) is 4.42 Å². The normalized spacial score (nSPS) is 11.6. The summed E-state index contributed by atoms with van der Waals surface area (Å²) < 4.78 is 6.52. The van der Waals surface area contributed by atoms with Gasteiger partial charge in [-0.15, -0.1) is 0 Å². The Labute approximate surface area is 261 Å². The summed E-state index contributed by atoms with van der Waals surface area (Å²) in [4.78, 5) is 0. The van der Waals surface area contributed by atoms with E-state index >= 15 is 0 Å². The fraction of sp³-hybridized carbons (Fsp3) is 0. The lowest BCUT2D eigenvalue weighted by Crippen LogP contribution is -1.93. The van der Waals surface area contributed by atoms with Gasteiger partial charge in [0.25, 0.3) is 0 Å². The van der Waals surface area contributed by atoms with Gasteiger partial charge in [-0.1, -0.05) is 152 Å². The van der Waals surface area contributed by atoms with E-state index in [2.05, 4.69) is 164 Å². The van der Waals surface area contributed by atoms with Crippen molar-refractivity contribution in [3.8, 4) is 44.5 Å². The summed E-state index contributed by atoms with van der Waals surface area (Å²) in [6.45, 7) is 0. The molecule has 45 heavy (non-hydrogen) atoms. The van der Waals surface area contributed by atoms with Crippen molar-refractivity contribution >= 4 is 43.5 Å². The molecule has 9 aromatic rings. The topological polar surface area (TPSA) is 13.1 Å². The van der Waals surface area contributed by atoms with E-state index in [0.29, 0.717) is 0 Å². The van der Waals surface area contributed by atoms with E-state index in [1.807, 2.05) is 6.07 Å². The molecule has 0 saturated heterocycles. The summed E-state index contributed by atoms with van der Waals surface area (Å²) >= 11 is 0. The van der Waals surface area contributed by atoms with Crippen LogP contribution < -0.4 is 0 Å². The van der Waals surface area contributed by atoms with Crippen LogP contribution in [0.1, 0.15) is 0 Å². The third-order valence-electron chi connectivity index (χ3n) is 9.07. The lowest BCUT2D eigenvalue weighted by molar-refractivity contribution is 0.669. The summed E-state index contributed by atoms with van der Waals surface area (Å²) in [7, 11) is 0. The molecule has 210 valence electrons. The van der Waals surface area contributed by atoms with Crippen LogP contribution in [-0.4, -0.2) is 0 Å². The standard InChI is InChI=1S/C44H28O/c1-3-14-29(15-4-1)31-18-13-19-32(28-31)33-26-27-40-43(38-24-11-12-25-39(38)45-40)44(33)42-36-22-9-7-20-34(36)41(30-16-5-2-6-17-30)35-21-8-10-23-37(35)42/h1-28H. The molecule has 1 heteroatoms. The number of rotatable bonds is 4. The minimum absolute atomic E-state index is 0.898. The van der Waals surface area contributed by atoms with Crippen LogP contribution in [-0.2, 0) is 0 Å². The molecule has 0 saturated carbocycles. The molecule has 0 aliphatic heterocycles. The van der Waals surface area contributed by atoms with E-state index in [9.17, 15) is 0 Å². The Kier molecular flexibility index (Phi) is 5.89. The molecule has 1 heterocycles. The Morgan fingerprint density at radius 3 is 1.47 bits per heavy atom. The van der Waals surface area contributed by atoms with Gasteiger partial charge in [-0.05, 0) is 78.7 Å². The highest BCUT2D eigenvalue weighted by Gasteiger charge is 2.23. The Morgan fingerprint density at radius 1 is 0.289 bits per heavy atom. The van der Waals surface area contributed by atoms with Gasteiger partial charge in [0.1, 0.15) is 11.2 Å². The van der Waals surface area contributed by atoms with Crippen molar-refractivity contribution in [2.75, 3.05) is 0 Å². The minimum Gasteiger partial charge on any atom is -0.456 e. The fourth-order valence-electron chi connectivity index (χ4n) is 7.13. The average Bonchev–Trinajstić information content (AvgIpc) is 3.50. The summed E-state index contributed by atoms with van der Waals surface area (Å²) in [6, 6.07) is 60.9. The van der Waals surface area contributed by atoms with Crippen LogP contribution in [0.5, 0.6) is 0 Å². The number of furan rings is 1. The van der Waals surface area contributed by atoms with Crippen molar-refractivity contribution in [2.24, 2.45) is 0 Å². The summed E-state index contributed by atoms with van der Waals surface area (Å²) in [5.74, 6) is 0. The van der Waals surface area contributed by atoms with E-state index < -0.39 is 0 Å². The lowest BCUT2D eigenvalue weighted by Gasteiger charge is -2.20. The van der Waals surface area contributed by atoms with Gasteiger partial charge in [0.15, 0.2) is 0 Å². The molecule has 0 aliphatic carbocycles. The van der Waals surface area contributed by atoms with Gasteiger partial charge in [0.05, 0.1) is 0 Å². The zero-order chi connectivity index (χ0) is 29.7. The number of benzene rings is 8. The first-order valence-corrected chi connectivity index (χ1v) is 15.4. The number of para-hydroxylation sites is 1. The van der Waals surface area contributed by atoms with Crippen molar-refractivity contribution in [3.63, 3.8) is 0 Å². The molecule has 8 aromatic carbocycles. The van der Waals surface area contributed by atoms with Crippen molar-refractivity contribution in [2.45, 2.75) is 0 Å². The van der Waals surface area contributed by atoms with Gasteiger partial charge in [-0.3, -0.25) is 0 Å². The number of fused-ring (bicyclic) bond motifs is 5. The lowest BCUT2D eigenvalue weighted by atomic mass is 9.82. The molecule has 1 aromatic heterocycles. The van der Waals surface area contributed by atoms with Gasteiger partial charge in [-0.25, -0.2) is 0 Å². The zero-order valence-electron chi connectivity index (χ0n) is 24.6. The Bertz CT molecular complexity index is 2460. The second kappa shape index (κ2) is 10.4. The van der Waals surface area contributed by atoms with Gasteiger partial charge < -0.3 is 4.42 Å². The van der Waals surface area contributed by atoms with Crippen LogP contribution >= 0.6 is 0 Å². The highest BCUT2D eigenvalue weighted by Crippen LogP contribution is 2.50. The first-order valence-electron chi connectivity index (χ1n) is 15.4. The molecule has 0 amide bonds. The van der Waals surface area contributed by atoms with Gasteiger partial charge in [0.2, 0.25) is 0 Å². The summed E-state index contributed by atoms with van der Waals surface area (Å²) in [5.41, 5.74) is 11.5. The van der Waals surface area contributed by atoms with E-state index in [-0.39, 0.29) is 0 Å². The molecule has 0 bridgehead atoms. The Hall–Kier alpha value is -5.92. The molecular formula is C44H28O. The minimum atomic E-state index is 0.898. The van der Waals surface area contributed by atoms with Gasteiger partial charge in [-0.2, -0.15) is 0 Å². The molecule has 0 aliphatic rings. The average molecular weight is 573 g/mol. The zero-order valence-corrected chi connectivity index (χ0v) is 24.6. The maximum atomic E-state index is 6.52. The maximum Gasteiger partial charge on any atom is 0.136 e. The van der Waals surface area contributed by atoms with E-state index in [0.717, 1.165) is 21.9 Å². The van der Waals surface area contributed by atoms with E-state index in [1.165, 1.54) is 66.1 Å². The first-order chi connectivity index (χ1) is 22.3. The summed E-state index contributed by atoms with van der Waals surface area (Å²) in [6.07, 6.45) is 0. The van der Waals surface area contributed by atoms with Crippen molar-refractivity contribution in [3.05, 3.63) is 170 Å². The maximum absolute atomic E-state index is 6.52. The number of hydrogen-bond acceptors (Lipinski definition) is 1.